The van der Waals surface area contributed by atoms with Crippen molar-refractivity contribution < 1.29 is 23.7 Å². The molecule has 1 aromatic carbocycles. The van der Waals surface area contributed by atoms with E-state index < -0.39 is 6.16 Å². The van der Waals surface area contributed by atoms with Gasteiger partial charge in [-0.25, -0.2) is 9.78 Å². The lowest BCUT2D eigenvalue weighted by Gasteiger charge is -2.35. The number of carbonyl (C=O) groups is 1. The molecule has 1 saturated heterocycles. The second kappa shape index (κ2) is 9.21. The Morgan fingerprint density at radius 3 is 2.71 bits per heavy atom. The number of ether oxygens (including phenoxy) is 4. The maximum atomic E-state index is 11.9. The van der Waals surface area contributed by atoms with Gasteiger partial charge in [-0.15, -0.1) is 0 Å². The third-order valence-electron chi connectivity index (χ3n) is 5.43. The highest BCUT2D eigenvalue weighted by Gasteiger charge is 2.24. The Bertz CT molecular complexity index is 1070. The van der Waals surface area contributed by atoms with Crippen LogP contribution in [-0.4, -0.2) is 60.0 Å². The van der Waals surface area contributed by atoms with E-state index in [4.69, 9.17) is 18.9 Å². The normalized spacial score (nSPS) is 19.7. The maximum absolute atomic E-state index is 11.9. The van der Waals surface area contributed by atoms with Crippen LogP contribution in [0, 0.1) is 0 Å². The second-order valence-corrected chi connectivity index (χ2v) is 7.96. The number of nitrogens with one attached hydrogen (secondary N) is 1. The van der Waals surface area contributed by atoms with Crippen LogP contribution >= 0.6 is 0 Å². The standard InChI is InChI=1S/C23H29N3O5/c1-5-29-23(27)31-22-17(13-28-4)21-19(9-24-22)25-18-8-6-7-16(20(18)21)12-26-10-14(2)30-15(3)11-26/h6-9,14-15,25H,5,10-13H2,1-4H3. The molecule has 0 bridgehead atoms. The van der Waals surface area contributed by atoms with Gasteiger partial charge in [0.1, 0.15) is 0 Å². The van der Waals surface area contributed by atoms with Gasteiger partial charge >= 0.3 is 6.16 Å². The summed E-state index contributed by atoms with van der Waals surface area (Å²) in [5.41, 5.74) is 3.79. The van der Waals surface area contributed by atoms with Crippen molar-refractivity contribution in [1.29, 1.82) is 0 Å². The summed E-state index contributed by atoms with van der Waals surface area (Å²) in [4.78, 5) is 22.2. The summed E-state index contributed by atoms with van der Waals surface area (Å²) in [6, 6.07) is 6.24. The molecule has 2 atom stereocenters. The number of nitrogens with zero attached hydrogens (tertiary/aromatic N) is 2. The van der Waals surface area contributed by atoms with Crippen LogP contribution in [0.15, 0.2) is 24.4 Å². The molecule has 2 aromatic heterocycles. The SMILES string of the molecule is CCOC(=O)Oc1ncc2[nH]c3cccc(CN4CC(C)OC(C)C4)c3c2c1COC. The fourth-order valence-corrected chi connectivity index (χ4v) is 4.44. The lowest BCUT2D eigenvalue weighted by molar-refractivity contribution is -0.0703. The van der Waals surface area contributed by atoms with Crippen LogP contribution in [0.4, 0.5) is 4.79 Å². The minimum atomic E-state index is -0.775. The van der Waals surface area contributed by atoms with Crippen LogP contribution in [0.25, 0.3) is 21.8 Å². The largest absolute Gasteiger partial charge is 0.515 e. The van der Waals surface area contributed by atoms with Gasteiger partial charge in [-0.3, -0.25) is 4.90 Å². The molecule has 0 amide bonds. The quantitative estimate of drug-likeness (QED) is 0.595. The average Bonchev–Trinajstić information content (AvgIpc) is 3.09. The summed E-state index contributed by atoms with van der Waals surface area (Å²) in [7, 11) is 1.61. The monoisotopic (exact) mass is 427 g/mol. The zero-order chi connectivity index (χ0) is 22.0. The van der Waals surface area contributed by atoms with Gasteiger partial charge in [0.15, 0.2) is 0 Å². The van der Waals surface area contributed by atoms with Crippen molar-refractivity contribution >= 4 is 28.0 Å². The highest BCUT2D eigenvalue weighted by molar-refractivity contribution is 6.11. The lowest BCUT2D eigenvalue weighted by Crippen LogP contribution is -2.44. The number of hydrogen-bond acceptors (Lipinski definition) is 7. The van der Waals surface area contributed by atoms with E-state index in [1.54, 1.807) is 20.2 Å². The molecule has 166 valence electrons. The molecule has 0 aliphatic carbocycles. The smallest absolute Gasteiger partial charge is 0.434 e. The number of aromatic nitrogens is 2. The number of methoxy groups -OCH3 is 1. The number of carbonyl (C=O) groups excluding carboxylic acids is 1. The summed E-state index contributed by atoms with van der Waals surface area (Å²) in [6.07, 6.45) is 1.31. The predicted octanol–water partition coefficient (Wildman–Crippen LogP) is 4.01. The van der Waals surface area contributed by atoms with Crippen LogP contribution < -0.4 is 4.74 Å². The minimum absolute atomic E-state index is 0.198. The molecule has 1 fully saturated rings. The van der Waals surface area contributed by atoms with Crippen LogP contribution in [0.3, 0.4) is 0 Å². The first-order valence-electron chi connectivity index (χ1n) is 10.6. The molecule has 31 heavy (non-hydrogen) atoms. The molecule has 0 spiro atoms. The van der Waals surface area contributed by atoms with E-state index in [0.29, 0.717) is 0 Å². The van der Waals surface area contributed by atoms with E-state index in [1.807, 2.05) is 6.07 Å². The summed E-state index contributed by atoms with van der Waals surface area (Å²) in [5.74, 6) is 0.206. The van der Waals surface area contributed by atoms with Crippen molar-refractivity contribution in [2.75, 3.05) is 26.8 Å². The Balaban J connectivity index is 1.81. The molecule has 1 aliphatic heterocycles. The first kappa shape index (κ1) is 21.5. The molecule has 3 aromatic rings. The van der Waals surface area contributed by atoms with Crippen molar-refractivity contribution in [2.45, 2.75) is 46.1 Å². The lowest BCUT2D eigenvalue weighted by atomic mass is 10.0. The zero-order valence-corrected chi connectivity index (χ0v) is 18.4. The van der Waals surface area contributed by atoms with Gasteiger partial charge in [0, 0.05) is 43.0 Å². The van der Waals surface area contributed by atoms with E-state index in [-0.39, 0.29) is 31.3 Å². The molecular formula is C23H29N3O5. The number of fused-ring (bicyclic) bond motifs is 3. The zero-order valence-electron chi connectivity index (χ0n) is 18.4. The molecular weight excluding hydrogens is 398 g/mol. The Morgan fingerprint density at radius 2 is 2.00 bits per heavy atom. The third-order valence-corrected chi connectivity index (χ3v) is 5.43. The molecule has 1 aliphatic rings. The van der Waals surface area contributed by atoms with Crippen molar-refractivity contribution in [2.24, 2.45) is 0 Å². The summed E-state index contributed by atoms with van der Waals surface area (Å²) < 4.78 is 21.7. The molecule has 8 nitrogen and oxygen atoms in total. The maximum Gasteiger partial charge on any atom is 0.515 e. The van der Waals surface area contributed by atoms with Gasteiger partial charge in [0.2, 0.25) is 5.88 Å². The fourth-order valence-electron chi connectivity index (χ4n) is 4.44. The number of H-pyrrole nitrogens is 1. The second-order valence-electron chi connectivity index (χ2n) is 7.96. The van der Waals surface area contributed by atoms with Crippen molar-refractivity contribution in [3.05, 3.63) is 35.5 Å². The summed E-state index contributed by atoms with van der Waals surface area (Å²) >= 11 is 0. The molecule has 1 N–H and O–H groups in total. The van der Waals surface area contributed by atoms with Gasteiger partial charge < -0.3 is 23.9 Å². The van der Waals surface area contributed by atoms with Gasteiger partial charge in [-0.05, 0) is 32.4 Å². The first-order valence-corrected chi connectivity index (χ1v) is 10.6. The van der Waals surface area contributed by atoms with E-state index in [0.717, 1.165) is 47.0 Å². The Morgan fingerprint density at radius 1 is 1.23 bits per heavy atom. The van der Waals surface area contributed by atoms with E-state index >= 15 is 0 Å². The van der Waals surface area contributed by atoms with Gasteiger partial charge in [-0.1, -0.05) is 12.1 Å². The van der Waals surface area contributed by atoms with Crippen molar-refractivity contribution in [1.82, 2.24) is 14.9 Å². The van der Waals surface area contributed by atoms with E-state index in [9.17, 15) is 4.79 Å². The fraction of sp³-hybridized carbons (Fsp3) is 0.478. The average molecular weight is 428 g/mol. The molecule has 3 heterocycles. The van der Waals surface area contributed by atoms with E-state index in [2.05, 4.69) is 40.8 Å². The van der Waals surface area contributed by atoms with Crippen LogP contribution in [0.2, 0.25) is 0 Å². The predicted molar refractivity (Wildman–Crippen MR) is 117 cm³/mol. The number of rotatable bonds is 6. The van der Waals surface area contributed by atoms with E-state index in [1.165, 1.54) is 5.56 Å². The summed E-state index contributed by atoms with van der Waals surface area (Å²) in [5, 5.41) is 2.04. The Labute approximate surface area is 181 Å². The molecule has 4 rings (SSSR count). The van der Waals surface area contributed by atoms with Gasteiger partial charge in [0.25, 0.3) is 0 Å². The highest BCUT2D eigenvalue weighted by Crippen LogP contribution is 2.35. The van der Waals surface area contributed by atoms with Gasteiger partial charge in [-0.2, -0.15) is 0 Å². The minimum Gasteiger partial charge on any atom is -0.434 e. The van der Waals surface area contributed by atoms with Crippen LogP contribution in [0.5, 0.6) is 5.88 Å². The number of aromatic amines is 1. The first-order chi connectivity index (χ1) is 15.0. The summed E-state index contributed by atoms with van der Waals surface area (Å²) in [6.45, 7) is 8.99. The number of pyridine rings is 1. The number of benzene rings is 1. The highest BCUT2D eigenvalue weighted by atomic mass is 16.7. The molecule has 0 saturated carbocycles. The Kier molecular flexibility index (Phi) is 6.41. The third kappa shape index (κ3) is 4.51. The topological polar surface area (TPSA) is 85.9 Å². The number of morpholine rings is 1. The molecule has 0 radical (unpaired) electrons. The number of hydrogen-bond donors (Lipinski definition) is 1. The Hall–Kier alpha value is -2.68. The molecule has 8 heteroatoms. The van der Waals surface area contributed by atoms with Gasteiger partial charge in [0.05, 0.1) is 42.7 Å². The van der Waals surface area contributed by atoms with Crippen molar-refractivity contribution in [3.63, 3.8) is 0 Å². The van der Waals surface area contributed by atoms with Crippen LogP contribution in [0.1, 0.15) is 31.9 Å². The molecule has 2 unspecified atom stereocenters. The van der Waals surface area contributed by atoms with Crippen LogP contribution in [-0.2, 0) is 27.4 Å². The van der Waals surface area contributed by atoms with Crippen molar-refractivity contribution in [3.8, 4) is 5.88 Å².